The van der Waals surface area contributed by atoms with Gasteiger partial charge in [-0.15, -0.1) is 0 Å². The predicted octanol–water partition coefficient (Wildman–Crippen LogP) is 1.73. The van der Waals surface area contributed by atoms with Gasteiger partial charge in [-0.05, 0) is 26.0 Å². The first-order valence-electron chi connectivity index (χ1n) is 6.49. The second-order valence-corrected chi connectivity index (χ2v) is 4.41. The van der Waals surface area contributed by atoms with Gasteiger partial charge in [-0.25, -0.2) is 0 Å². The Kier molecular flexibility index (Phi) is 4.15. The zero-order chi connectivity index (χ0) is 13.0. The van der Waals surface area contributed by atoms with Crippen LogP contribution in [0.5, 0.6) is 0 Å². The average molecular weight is 247 g/mol. The molecule has 0 aliphatic rings. The Labute approximate surface area is 108 Å². The van der Waals surface area contributed by atoms with Crippen LogP contribution in [0.2, 0.25) is 0 Å². The summed E-state index contributed by atoms with van der Waals surface area (Å²) in [5, 5.41) is 12.2. The van der Waals surface area contributed by atoms with Crippen molar-refractivity contribution in [2.75, 3.05) is 6.54 Å². The standard InChI is InChI=1S/C13H21N5/c1-4-7-14-13(11-9-16-17(3)10-11)12-6-8-15-18(12)5-2/h6,8-10,13-14H,4-5,7H2,1-3H3. The first kappa shape index (κ1) is 12.8. The molecule has 0 aromatic carbocycles. The van der Waals surface area contributed by atoms with Gasteiger partial charge in [0.1, 0.15) is 0 Å². The molecule has 18 heavy (non-hydrogen) atoms. The maximum atomic E-state index is 4.35. The highest BCUT2D eigenvalue weighted by atomic mass is 15.3. The molecular formula is C13H21N5. The number of rotatable bonds is 6. The molecule has 0 amide bonds. The quantitative estimate of drug-likeness (QED) is 0.845. The van der Waals surface area contributed by atoms with E-state index in [1.165, 1.54) is 11.3 Å². The van der Waals surface area contributed by atoms with E-state index in [0.29, 0.717) is 0 Å². The van der Waals surface area contributed by atoms with Crippen LogP contribution in [-0.2, 0) is 13.6 Å². The molecule has 2 aromatic rings. The maximum absolute atomic E-state index is 4.35. The van der Waals surface area contributed by atoms with Gasteiger partial charge in [-0.3, -0.25) is 9.36 Å². The van der Waals surface area contributed by atoms with Gasteiger partial charge in [-0.1, -0.05) is 6.92 Å². The normalized spacial score (nSPS) is 12.8. The lowest BCUT2D eigenvalue weighted by Crippen LogP contribution is -2.25. The van der Waals surface area contributed by atoms with Crippen LogP contribution in [0.25, 0.3) is 0 Å². The third-order valence-electron chi connectivity index (χ3n) is 3.00. The molecule has 1 unspecified atom stereocenters. The van der Waals surface area contributed by atoms with Crippen LogP contribution < -0.4 is 5.32 Å². The second kappa shape index (κ2) is 5.82. The largest absolute Gasteiger partial charge is 0.305 e. The zero-order valence-corrected chi connectivity index (χ0v) is 11.3. The molecule has 2 aromatic heterocycles. The van der Waals surface area contributed by atoms with Gasteiger partial charge < -0.3 is 5.32 Å². The van der Waals surface area contributed by atoms with E-state index < -0.39 is 0 Å². The smallest absolute Gasteiger partial charge is 0.0779 e. The SMILES string of the molecule is CCCNC(c1cnn(C)c1)c1ccnn1CC. The number of aryl methyl sites for hydroxylation is 2. The Hall–Kier alpha value is -1.62. The third kappa shape index (κ3) is 2.61. The summed E-state index contributed by atoms with van der Waals surface area (Å²) in [5.41, 5.74) is 2.38. The van der Waals surface area contributed by atoms with Crippen molar-refractivity contribution in [1.82, 2.24) is 24.9 Å². The summed E-state index contributed by atoms with van der Waals surface area (Å²) in [6.45, 7) is 6.14. The van der Waals surface area contributed by atoms with Crippen LogP contribution >= 0.6 is 0 Å². The van der Waals surface area contributed by atoms with Crippen molar-refractivity contribution in [2.24, 2.45) is 7.05 Å². The number of nitrogens with one attached hydrogen (secondary N) is 1. The van der Waals surface area contributed by atoms with E-state index in [4.69, 9.17) is 0 Å². The highest BCUT2D eigenvalue weighted by molar-refractivity contribution is 5.23. The van der Waals surface area contributed by atoms with Crippen molar-refractivity contribution < 1.29 is 0 Å². The molecule has 0 saturated carbocycles. The summed E-state index contributed by atoms with van der Waals surface area (Å²) >= 11 is 0. The van der Waals surface area contributed by atoms with Gasteiger partial charge in [-0.2, -0.15) is 10.2 Å². The fourth-order valence-electron chi connectivity index (χ4n) is 2.12. The van der Waals surface area contributed by atoms with Crippen LogP contribution in [0.15, 0.2) is 24.7 Å². The molecule has 0 bridgehead atoms. The molecule has 2 heterocycles. The van der Waals surface area contributed by atoms with E-state index in [-0.39, 0.29) is 6.04 Å². The summed E-state index contributed by atoms with van der Waals surface area (Å²) in [7, 11) is 1.94. The summed E-state index contributed by atoms with van der Waals surface area (Å²) in [6.07, 6.45) is 6.94. The van der Waals surface area contributed by atoms with E-state index >= 15 is 0 Å². The molecule has 1 N–H and O–H groups in total. The minimum absolute atomic E-state index is 0.168. The van der Waals surface area contributed by atoms with Crippen molar-refractivity contribution in [3.63, 3.8) is 0 Å². The number of hydrogen-bond donors (Lipinski definition) is 1. The lowest BCUT2D eigenvalue weighted by Gasteiger charge is -2.18. The van der Waals surface area contributed by atoms with Gasteiger partial charge >= 0.3 is 0 Å². The molecular weight excluding hydrogens is 226 g/mol. The van der Waals surface area contributed by atoms with Gasteiger partial charge in [0.15, 0.2) is 0 Å². The maximum Gasteiger partial charge on any atom is 0.0779 e. The Balaban J connectivity index is 2.30. The molecule has 0 radical (unpaired) electrons. The Morgan fingerprint density at radius 1 is 1.33 bits per heavy atom. The Morgan fingerprint density at radius 2 is 2.17 bits per heavy atom. The van der Waals surface area contributed by atoms with Crippen LogP contribution in [0.1, 0.15) is 37.6 Å². The van der Waals surface area contributed by atoms with Gasteiger partial charge in [0.2, 0.25) is 0 Å². The topological polar surface area (TPSA) is 47.7 Å². The number of hydrogen-bond acceptors (Lipinski definition) is 3. The zero-order valence-electron chi connectivity index (χ0n) is 11.3. The minimum Gasteiger partial charge on any atom is -0.305 e. The Bertz CT molecular complexity index is 485. The molecule has 1 atom stereocenters. The highest BCUT2D eigenvalue weighted by Gasteiger charge is 2.18. The predicted molar refractivity (Wildman–Crippen MR) is 71.2 cm³/mol. The van der Waals surface area contributed by atoms with E-state index in [9.17, 15) is 0 Å². The summed E-state index contributed by atoms with van der Waals surface area (Å²) in [6, 6.07) is 2.24. The van der Waals surface area contributed by atoms with Crippen LogP contribution in [-0.4, -0.2) is 26.1 Å². The number of aromatic nitrogens is 4. The van der Waals surface area contributed by atoms with Crippen molar-refractivity contribution >= 4 is 0 Å². The van der Waals surface area contributed by atoms with E-state index in [0.717, 1.165) is 19.5 Å². The summed E-state index contributed by atoms with van der Waals surface area (Å²) < 4.78 is 3.86. The molecule has 0 aliphatic carbocycles. The van der Waals surface area contributed by atoms with Gasteiger partial charge in [0, 0.05) is 31.5 Å². The van der Waals surface area contributed by atoms with Crippen molar-refractivity contribution in [2.45, 2.75) is 32.9 Å². The third-order valence-corrected chi connectivity index (χ3v) is 3.00. The van der Waals surface area contributed by atoms with Crippen LogP contribution in [0.3, 0.4) is 0 Å². The lowest BCUT2D eigenvalue weighted by molar-refractivity contribution is 0.529. The van der Waals surface area contributed by atoms with E-state index in [1.807, 2.05) is 28.8 Å². The lowest BCUT2D eigenvalue weighted by atomic mass is 10.1. The molecule has 2 rings (SSSR count). The van der Waals surface area contributed by atoms with E-state index in [2.05, 4.69) is 41.6 Å². The summed E-state index contributed by atoms with van der Waals surface area (Å²) in [4.78, 5) is 0. The molecule has 5 heteroatoms. The summed E-state index contributed by atoms with van der Waals surface area (Å²) in [5.74, 6) is 0. The molecule has 0 saturated heterocycles. The number of nitrogens with zero attached hydrogens (tertiary/aromatic N) is 4. The van der Waals surface area contributed by atoms with Crippen LogP contribution in [0, 0.1) is 0 Å². The monoisotopic (exact) mass is 247 g/mol. The molecule has 0 fully saturated rings. The van der Waals surface area contributed by atoms with Gasteiger partial charge in [0.25, 0.3) is 0 Å². The molecule has 98 valence electrons. The molecule has 5 nitrogen and oxygen atoms in total. The first-order chi connectivity index (χ1) is 8.76. The van der Waals surface area contributed by atoms with Crippen molar-refractivity contribution in [3.8, 4) is 0 Å². The van der Waals surface area contributed by atoms with Gasteiger partial charge in [0.05, 0.1) is 17.9 Å². The minimum atomic E-state index is 0.168. The second-order valence-electron chi connectivity index (χ2n) is 4.41. The Morgan fingerprint density at radius 3 is 2.78 bits per heavy atom. The fourth-order valence-corrected chi connectivity index (χ4v) is 2.12. The highest BCUT2D eigenvalue weighted by Crippen LogP contribution is 2.21. The average Bonchev–Trinajstić information content (AvgIpc) is 2.99. The van der Waals surface area contributed by atoms with Crippen molar-refractivity contribution in [1.29, 1.82) is 0 Å². The fraction of sp³-hybridized carbons (Fsp3) is 0.538. The molecule has 0 spiro atoms. The van der Waals surface area contributed by atoms with Crippen LogP contribution in [0.4, 0.5) is 0 Å². The van der Waals surface area contributed by atoms with Crippen molar-refractivity contribution in [3.05, 3.63) is 35.9 Å². The van der Waals surface area contributed by atoms with E-state index in [1.54, 1.807) is 0 Å². The molecule has 0 aliphatic heterocycles. The first-order valence-corrected chi connectivity index (χ1v) is 6.49.